The van der Waals surface area contributed by atoms with Crippen molar-refractivity contribution >= 4 is 10.0 Å². The Kier molecular flexibility index (Phi) is 5.52. The second-order valence-corrected chi connectivity index (χ2v) is 10.7. The molecule has 9 heteroatoms. The molecule has 1 aromatic heterocycles. The van der Waals surface area contributed by atoms with Gasteiger partial charge in [-0.3, -0.25) is 0 Å². The Morgan fingerprint density at radius 3 is 2.60 bits per heavy atom. The Hall–Kier alpha value is -2.13. The van der Waals surface area contributed by atoms with Crippen molar-refractivity contribution in [1.82, 2.24) is 19.1 Å². The van der Waals surface area contributed by atoms with Crippen molar-refractivity contribution in [3.05, 3.63) is 30.4 Å². The van der Waals surface area contributed by atoms with Crippen molar-refractivity contribution in [3.8, 4) is 11.5 Å². The van der Waals surface area contributed by atoms with Crippen LogP contribution < -0.4 is 9.47 Å². The van der Waals surface area contributed by atoms with Gasteiger partial charge in [0, 0.05) is 31.6 Å². The van der Waals surface area contributed by atoms with Gasteiger partial charge in [0.1, 0.15) is 28.5 Å². The van der Waals surface area contributed by atoms with Gasteiger partial charge < -0.3 is 14.0 Å². The Morgan fingerprint density at radius 2 is 2.00 bits per heavy atom. The summed E-state index contributed by atoms with van der Waals surface area (Å²) in [6, 6.07) is 4.88. The molecule has 1 saturated carbocycles. The third kappa shape index (κ3) is 3.47. The zero-order valence-corrected chi connectivity index (χ0v) is 18.9. The minimum absolute atomic E-state index is 0.0406. The van der Waals surface area contributed by atoms with Gasteiger partial charge in [-0.25, -0.2) is 8.42 Å². The molecule has 0 amide bonds. The van der Waals surface area contributed by atoms with Gasteiger partial charge in [0.15, 0.2) is 0 Å². The molecule has 0 radical (unpaired) electrons. The van der Waals surface area contributed by atoms with Gasteiger partial charge in [0.2, 0.25) is 10.0 Å². The van der Waals surface area contributed by atoms with Crippen LogP contribution in [0.3, 0.4) is 0 Å². The molecule has 1 aliphatic carbocycles. The molecule has 1 saturated heterocycles. The lowest BCUT2D eigenvalue weighted by atomic mass is 9.62. The van der Waals surface area contributed by atoms with Crippen LogP contribution in [0.15, 0.2) is 29.4 Å². The molecule has 2 fully saturated rings. The van der Waals surface area contributed by atoms with Gasteiger partial charge in [0.25, 0.3) is 0 Å². The normalized spacial score (nSPS) is 21.2. The molecule has 1 spiro atoms. The number of methoxy groups -OCH3 is 2. The summed E-state index contributed by atoms with van der Waals surface area (Å²) in [4.78, 5) is 0.142. The van der Waals surface area contributed by atoms with Crippen molar-refractivity contribution in [2.75, 3.05) is 27.3 Å². The number of hydrogen-bond acceptors (Lipinski definition) is 6. The lowest BCUT2D eigenvalue weighted by molar-refractivity contribution is 0.125. The topological polar surface area (TPSA) is 86.6 Å². The highest BCUT2D eigenvalue weighted by Crippen LogP contribution is 2.56. The molecule has 1 aliphatic heterocycles. The molecule has 8 nitrogen and oxygen atoms in total. The van der Waals surface area contributed by atoms with Crippen LogP contribution in [-0.2, 0) is 16.6 Å². The highest BCUT2D eigenvalue weighted by Gasteiger charge is 2.55. The largest absolute Gasteiger partial charge is 0.497 e. The van der Waals surface area contributed by atoms with E-state index in [-0.39, 0.29) is 16.2 Å². The molecule has 2 aliphatic rings. The molecular formula is C21H30N4O4S. The Morgan fingerprint density at radius 1 is 1.23 bits per heavy atom. The van der Waals surface area contributed by atoms with Crippen LogP contribution in [0.5, 0.6) is 11.5 Å². The van der Waals surface area contributed by atoms with Gasteiger partial charge >= 0.3 is 0 Å². The summed E-state index contributed by atoms with van der Waals surface area (Å²) >= 11 is 0. The van der Waals surface area contributed by atoms with E-state index in [2.05, 4.69) is 28.6 Å². The minimum Gasteiger partial charge on any atom is -0.497 e. The first-order chi connectivity index (χ1) is 14.3. The van der Waals surface area contributed by atoms with Gasteiger partial charge in [-0.1, -0.05) is 20.3 Å². The second-order valence-electron chi connectivity index (χ2n) is 8.82. The molecule has 0 bridgehead atoms. The van der Waals surface area contributed by atoms with E-state index in [1.54, 1.807) is 22.8 Å². The third-order valence-corrected chi connectivity index (χ3v) is 8.31. The first kappa shape index (κ1) is 21.1. The summed E-state index contributed by atoms with van der Waals surface area (Å²) in [6.07, 6.45) is 4.90. The van der Waals surface area contributed by atoms with E-state index >= 15 is 0 Å². The second kappa shape index (κ2) is 7.85. The highest BCUT2D eigenvalue weighted by atomic mass is 32.2. The average Bonchev–Trinajstić information content (AvgIpc) is 3.31. The standard InChI is InChI=1S/C21H30N4O4S/c1-15(2)11-24-14-22-23-20(24)17-12-25(13-21(17)8-5-9-21)30(26,27)19-10-16(28-3)6-7-18(19)29-4/h6-7,10,14-15,17H,5,8-9,11-13H2,1-4H3. The van der Waals surface area contributed by atoms with Crippen LogP contribution in [0.4, 0.5) is 0 Å². The number of nitrogens with zero attached hydrogens (tertiary/aromatic N) is 4. The van der Waals surface area contributed by atoms with Crippen LogP contribution in [0.2, 0.25) is 0 Å². The molecule has 4 rings (SSSR count). The van der Waals surface area contributed by atoms with Crippen molar-refractivity contribution in [3.63, 3.8) is 0 Å². The van der Waals surface area contributed by atoms with E-state index in [1.807, 2.05) is 0 Å². The number of aromatic nitrogens is 3. The maximum Gasteiger partial charge on any atom is 0.246 e. The maximum atomic E-state index is 13.6. The number of sulfonamides is 1. The molecule has 30 heavy (non-hydrogen) atoms. The Balaban J connectivity index is 1.70. The summed E-state index contributed by atoms with van der Waals surface area (Å²) in [5, 5.41) is 8.57. The predicted octanol–water partition coefficient (Wildman–Crippen LogP) is 2.91. The molecule has 164 valence electrons. The van der Waals surface area contributed by atoms with Gasteiger partial charge in [-0.15, -0.1) is 10.2 Å². The fraction of sp³-hybridized carbons (Fsp3) is 0.619. The van der Waals surface area contributed by atoms with Crippen LogP contribution in [0.25, 0.3) is 0 Å². The monoisotopic (exact) mass is 434 g/mol. The molecule has 2 heterocycles. The Labute approximate surface area is 178 Å². The van der Waals surface area contributed by atoms with Crippen molar-refractivity contribution in [2.45, 2.75) is 50.5 Å². The first-order valence-corrected chi connectivity index (χ1v) is 11.8. The zero-order chi connectivity index (χ0) is 21.5. The van der Waals surface area contributed by atoms with Crippen molar-refractivity contribution in [2.24, 2.45) is 11.3 Å². The third-order valence-electron chi connectivity index (χ3n) is 6.47. The van der Waals surface area contributed by atoms with E-state index in [4.69, 9.17) is 9.47 Å². The molecule has 1 aromatic carbocycles. The lowest BCUT2D eigenvalue weighted by Crippen LogP contribution is -2.38. The fourth-order valence-corrected chi connectivity index (χ4v) is 6.51. The van der Waals surface area contributed by atoms with Crippen LogP contribution >= 0.6 is 0 Å². The number of ether oxygens (including phenoxy) is 2. The van der Waals surface area contributed by atoms with E-state index in [0.717, 1.165) is 31.6 Å². The predicted molar refractivity (Wildman–Crippen MR) is 112 cm³/mol. The summed E-state index contributed by atoms with van der Waals surface area (Å²) < 4.78 is 41.6. The summed E-state index contributed by atoms with van der Waals surface area (Å²) in [5.74, 6) is 2.21. The summed E-state index contributed by atoms with van der Waals surface area (Å²) in [5.41, 5.74) is -0.0685. The van der Waals surface area contributed by atoms with Crippen LogP contribution in [0, 0.1) is 11.3 Å². The SMILES string of the molecule is COc1ccc(OC)c(S(=O)(=O)N2CC(c3nncn3CC(C)C)C3(CCC3)C2)c1. The first-order valence-electron chi connectivity index (χ1n) is 10.4. The highest BCUT2D eigenvalue weighted by molar-refractivity contribution is 7.89. The lowest BCUT2D eigenvalue weighted by Gasteiger charge is -2.42. The fourth-order valence-electron chi connectivity index (χ4n) is 4.79. The number of hydrogen-bond donors (Lipinski definition) is 0. The summed E-state index contributed by atoms with van der Waals surface area (Å²) in [7, 11) is -0.746. The smallest absolute Gasteiger partial charge is 0.246 e. The Bertz CT molecular complexity index is 1010. The minimum atomic E-state index is -3.75. The van der Waals surface area contributed by atoms with E-state index < -0.39 is 10.0 Å². The van der Waals surface area contributed by atoms with E-state index in [9.17, 15) is 8.42 Å². The van der Waals surface area contributed by atoms with Gasteiger partial charge in [-0.05, 0) is 36.3 Å². The van der Waals surface area contributed by atoms with Gasteiger partial charge in [0.05, 0.1) is 14.2 Å². The summed E-state index contributed by atoms with van der Waals surface area (Å²) in [6.45, 7) is 6.03. The molecule has 2 aromatic rings. The average molecular weight is 435 g/mol. The molecule has 1 unspecified atom stereocenters. The maximum absolute atomic E-state index is 13.6. The quantitative estimate of drug-likeness (QED) is 0.666. The van der Waals surface area contributed by atoms with Crippen molar-refractivity contribution < 1.29 is 17.9 Å². The van der Waals surface area contributed by atoms with E-state index in [0.29, 0.717) is 30.5 Å². The molecular weight excluding hydrogens is 404 g/mol. The van der Waals surface area contributed by atoms with E-state index in [1.165, 1.54) is 20.3 Å². The number of rotatable bonds is 7. The van der Waals surface area contributed by atoms with Gasteiger partial charge in [-0.2, -0.15) is 4.31 Å². The molecule has 0 N–H and O–H groups in total. The zero-order valence-electron chi connectivity index (χ0n) is 18.0. The number of benzene rings is 1. The molecule has 1 atom stereocenters. The van der Waals surface area contributed by atoms with Crippen LogP contribution in [-0.4, -0.2) is 54.8 Å². The van der Waals surface area contributed by atoms with Crippen LogP contribution in [0.1, 0.15) is 44.9 Å². The van der Waals surface area contributed by atoms with Crippen molar-refractivity contribution in [1.29, 1.82) is 0 Å².